The Morgan fingerprint density at radius 2 is 1.88 bits per heavy atom. The molecule has 0 aliphatic heterocycles. The number of hydrogen-bond acceptors (Lipinski definition) is 3. The molecular formula is C20H35IN4O. The normalized spacial score (nSPS) is 14.5. The van der Waals surface area contributed by atoms with E-state index in [1.165, 1.54) is 12.8 Å². The van der Waals surface area contributed by atoms with Crippen LogP contribution in [0.4, 0.5) is 0 Å². The molecule has 6 heteroatoms. The zero-order chi connectivity index (χ0) is 18.1. The van der Waals surface area contributed by atoms with Crippen molar-refractivity contribution in [3.05, 3.63) is 29.8 Å². The Morgan fingerprint density at radius 3 is 2.54 bits per heavy atom. The average Bonchev–Trinajstić information content (AvgIpc) is 3.38. The second-order valence-electron chi connectivity index (χ2n) is 7.66. The van der Waals surface area contributed by atoms with Gasteiger partial charge in [-0.2, -0.15) is 0 Å². The smallest absolute Gasteiger partial charge is 0.191 e. The van der Waals surface area contributed by atoms with Crippen LogP contribution in [0.3, 0.4) is 0 Å². The number of nitrogens with one attached hydrogen (secondary N) is 3. The van der Waals surface area contributed by atoms with Gasteiger partial charge in [-0.1, -0.05) is 18.2 Å². The molecule has 3 N–H and O–H groups in total. The Labute approximate surface area is 175 Å². The maximum atomic E-state index is 5.97. The first kappa shape index (κ1) is 23.0. The number of nitrogens with zero attached hydrogens (tertiary/aromatic N) is 1. The highest BCUT2D eigenvalue weighted by Gasteiger charge is 2.22. The Hall–Kier alpha value is -1.02. The molecule has 1 aliphatic carbocycles. The van der Waals surface area contributed by atoms with Gasteiger partial charge in [-0.3, -0.25) is 0 Å². The number of halogens is 1. The molecule has 2 rings (SSSR count). The summed E-state index contributed by atoms with van der Waals surface area (Å²) in [5.41, 5.74) is 1.27. The number of hydrogen-bond donors (Lipinski definition) is 3. The number of benzene rings is 1. The summed E-state index contributed by atoms with van der Waals surface area (Å²) < 4.78 is 5.97. The summed E-state index contributed by atoms with van der Waals surface area (Å²) >= 11 is 0. The number of rotatable bonds is 9. The summed E-state index contributed by atoms with van der Waals surface area (Å²) in [5.74, 6) is 2.56. The third-order valence-electron chi connectivity index (χ3n) is 3.97. The predicted octanol–water partition coefficient (Wildman–Crippen LogP) is 3.54. The molecule has 1 aromatic rings. The predicted molar refractivity (Wildman–Crippen MR) is 121 cm³/mol. The van der Waals surface area contributed by atoms with Crippen LogP contribution in [0, 0.1) is 5.92 Å². The van der Waals surface area contributed by atoms with E-state index in [1.54, 1.807) is 0 Å². The third-order valence-corrected chi connectivity index (χ3v) is 3.97. The highest BCUT2D eigenvalue weighted by molar-refractivity contribution is 14.0. The Morgan fingerprint density at radius 1 is 1.15 bits per heavy atom. The lowest BCUT2D eigenvalue weighted by Gasteiger charge is -2.21. The van der Waals surface area contributed by atoms with Crippen LogP contribution in [0.15, 0.2) is 29.3 Å². The number of aliphatic imine (C=N–C) groups is 1. The van der Waals surface area contributed by atoms with Gasteiger partial charge in [0.25, 0.3) is 0 Å². The molecule has 26 heavy (non-hydrogen) atoms. The minimum atomic E-state index is 0. The number of para-hydroxylation sites is 1. The zero-order valence-corrected chi connectivity index (χ0v) is 18.9. The molecule has 0 heterocycles. The molecule has 1 aliphatic rings. The monoisotopic (exact) mass is 474 g/mol. The van der Waals surface area contributed by atoms with E-state index >= 15 is 0 Å². The first-order valence-electron chi connectivity index (χ1n) is 9.46. The minimum absolute atomic E-state index is 0. The highest BCUT2D eigenvalue weighted by Crippen LogP contribution is 2.30. The molecule has 0 atom stereocenters. The standard InChI is InChI=1S/C20H34N4O.HI/c1-5-21-19(22-12-13-24-20(2,3)4)23-14-17-8-6-7-9-18(17)25-15-16-10-11-16;/h6-9,16,24H,5,10-15H2,1-4H3,(H2,21,22,23);1H. The molecule has 1 aromatic carbocycles. The van der Waals surface area contributed by atoms with Crippen molar-refractivity contribution in [3.8, 4) is 5.75 Å². The quantitative estimate of drug-likeness (QED) is 0.222. The maximum Gasteiger partial charge on any atom is 0.191 e. The summed E-state index contributed by atoms with van der Waals surface area (Å²) in [6, 6.07) is 8.21. The lowest BCUT2D eigenvalue weighted by atomic mass is 10.1. The van der Waals surface area contributed by atoms with E-state index < -0.39 is 0 Å². The molecule has 0 unspecified atom stereocenters. The van der Waals surface area contributed by atoms with Gasteiger partial charge in [-0.15, -0.1) is 24.0 Å². The van der Waals surface area contributed by atoms with Gasteiger partial charge in [0.15, 0.2) is 5.96 Å². The van der Waals surface area contributed by atoms with E-state index in [9.17, 15) is 0 Å². The third kappa shape index (κ3) is 9.62. The zero-order valence-electron chi connectivity index (χ0n) is 16.6. The van der Waals surface area contributed by atoms with Crippen LogP contribution in [-0.2, 0) is 6.54 Å². The Bertz CT molecular complexity index is 553. The first-order valence-corrected chi connectivity index (χ1v) is 9.46. The van der Waals surface area contributed by atoms with Crippen LogP contribution in [-0.4, -0.2) is 37.7 Å². The fraction of sp³-hybridized carbons (Fsp3) is 0.650. The molecule has 0 aromatic heterocycles. The van der Waals surface area contributed by atoms with Gasteiger partial charge in [0.1, 0.15) is 5.75 Å². The first-order chi connectivity index (χ1) is 12.0. The van der Waals surface area contributed by atoms with E-state index in [1.807, 2.05) is 18.2 Å². The molecule has 0 saturated heterocycles. The van der Waals surface area contributed by atoms with E-state index in [0.29, 0.717) is 6.54 Å². The molecule has 0 amide bonds. The van der Waals surface area contributed by atoms with Gasteiger partial charge < -0.3 is 20.7 Å². The summed E-state index contributed by atoms with van der Waals surface area (Å²) in [6.07, 6.45) is 2.61. The number of guanidine groups is 1. The fourth-order valence-corrected chi connectivity index (χ4v) is 2.39. The molecule has 148 valence electrons. The van der Waals surface area contributed by atoms with Crippen molar-refractivity contribution in [1.29, 1.82) is 0 Å². The van der Waals surface area contributed by atoms with Crippen molar-refractivity contribution >= 4 is 29.9 Å². The van der Waals surface area contributed by atoms with E-state index in [0.717, 1.165) is 49.4 Å². The average molecular weight is 474 g/mol. The van der Waals surface area contributed by atoms with Crippen LogP contribution in [0.1, 0.15) is 46.1 Å². The SMILES string of the molecule is CCNC(=NCc1ccccc1OCC1CC1)NCCNC(C)(C)C.I. The van der Waals surface area contributed by atoms with Crippen molar-refractivity contribution in [2.75, 3.05) is 26.2 Å². The van der Waals surface area contributed by atoms with Crippen LogP contribution in [0.25, 0.3) is 0 Å². The summed E-state index contributed by atoms with van der Waals surface area (Å²) in [7, 11) is 0. The van der Waals surface area contributed by atoms with Crippen molar-refractivity contribution in [3.63, 3.8) is 0 Å². The van der Waals surface area contributed by atoms with Gasteiger partial charge in [0.2, 0.25) is 0 Å². The van der Waals surface area contributed by atoms with Gasteiger partial charge >= 0.3 is 0 Å². The second-order valence-corrected chi connectivity index (χ2v) is 7.66. The molecule has 5 nitrogen and oxygen atoms in total. The number of ether oxygens (including phenoxy) is 1. The van der Waals surface area contributed by atoms with Gasteiger partial charge in [0, 0.05) is 30.7 Å². The largest absolute Gasteiger partial charge is 0.493 e. The fourth-order valence-electron chi connectivity index (χ4n) is 2.39. The lowest BCUT2D eigenvalue weighted by Crippen LogP contribution is -2.44. The molecule has 0 radical (unpaired) electrons. The Kier molecular flexibility index (Phi) is 10.3. The molecule has 0 spiro atoms. The van der Waals surface area contributed by atoms with Gasteiger partial charge in [-0.25, -0.2) is 4.99 Å². The van der Waals surface area contributed by atoms with E-state index in [4.69, 9.17) is 9.73 Å². The van der Waals surface area contributed by atoms with Crippen LogP contribution in [0.5, 0.6) is 5.75 Å². The molecule has 1 fully saturated rings. The summed E-state index contributed by atoms with van der Waals surface area (Å²) in [6.45, 7) is 12.6. The lowest BCUT2D eigenvalue weighted by molar-refractivity contribution is 0.297. The van der Waals surface area contributed by atoms with E-state index in [2.05, 4.69) is 49.7 Å². The summed E-state index contributed by atoms with van der Waals surface area (Å²) in [4.78, 5) is 4.71. The Balaban J connectivity index is 0.00000338. The minimum Gasteiger partial charge on any atom is -0.493 e. The second kappa shape index (κ2) is 11.6. The van der Waals surface area contributed by atoms with Crippen LogP contribution < -0.4 is 20.7 Å². The van der Waals surface area contributed by atoms with Crippen molar-refractivity contribution in [2.45, 2.75) is 52.6 Å². The highest BCUT2D eigenvalue weighted by atomic mass is 127. The van der Waals surface area contributed by atoms with Gasteiger partial charge in [-0.05, 0) is 52.5 Å². The summed E-state index contributed by atoms with van der Waals surface area (Å²) in [5, 5.41) is 10.1. The van der Waals surface area contributed by atoms with Crippen molar-refractivity contribution in [1.82, 2.24) is 16.0 Å². The molecular weight excluding hydrogens is 439 g/mol. The van der Waals surface area contributed by atoms with Gasteiger partial charge in [0.05, 0.1) is 13.2 Å². The van der Waals surface area contributed by atoms with Crippen LogP contribution >= 0.6 is 24.0 Å². The van der Waals surface area contributed by atoms with E-state index in [-0.39, 0.29) is 29.5 Å². The van der Waals surface area contributed by atoms with Crippen molar-refractivity contribution in [2.24, 2.45) is 10.9 Å². The topological polar surface area (TPSA) is 57.7 Å². The van der Waals surface area contributed by atoms with Crippen molar-refractivity contribution < 1.29 is 4.74 Å². The molecule has 0 bridgehead atoms. The van der Waals surface area contributed by atoms with Crippen LogP contribution in [0.2, 0.25) is 0 Å². The molecule has 1 saturated carbocycles. The maximum absolute atomic E-state index is 5.97.